The van der Waals surface area contributed by atoms with E-state index in [-0.39, 0.29) is 10.8 Å². The van der Waals surface area contributed by atoms with Crippen LogP contribution in [0.2, 0.25) is 0 Å². The molecule has 0 saturated heterocycles. The first-order valence-electron chi connectivity index (χ1n) is 6.27. The highest BCUT2D eigenvalue weighted by atomic mass is 32.1. The molecule has 4 nitrogen and oxygen atoms in total. The van der Waals surface area contributed by atoms with Crippen molar-refractivity contribution in [3.05, 3.63) is 65.0 Å². The topological polar surface area (TPSA) is 66.4 Å². The van der Waals surface area contributed by atoms with Crippen LogP contribution in [0, 0.1) is 0 Å². The van der Waals surface area contributed by atoms with Crippen molar-refractivity contribution in [3.63, 3.8) is 0 Å². The Morgan fingerprint density at radius 1 is 0.952 bits per heavy atom. The summed E-state index contributed by atoms with van der Waals surface area (Å²) in [4.78, 5) is 23.4. The fourth-order valence-electron chi connectivity index (χ4n) is 2.12. The second kappa shape index (κ2) is 5.38. The lowest BCUT2D eigenvalue weighted by atomic mass is 10.0. The van der Waals surface area contributed by atoms with Crippen molar-refractivity contribution in [2.75, 3.05) is 5.32 Å². The van der Waals surface area contributed by atoms with Crippen molar-refractivity contribution in [1.82, 2.24) is 0 Å². The molecule has 21 heavy (non-hydrogen) atoms. The SMILES string of the molecule is O=C(O)c1ccc(NC(=O)c2cccc3ccccc23)s1. The molecule has 0 aliphatic heterocycles. The number of benzene rings is 2. The van der Waals surface area contributed by atoms with E-state index in [4.69, 9.17) is 5.11 Å². The lowest BCUT2D eigenvalue weighted by molar-refractivity contribution is 0.0702. The molecule has 0 aliphatic rings. The number of aromatic carboxylic acids is 1. The number of carboxylic acid groups (broad SMARTS) is 1. The first-order valence-corrected chi connectivity index (χ1v) is 7.09. The molecule has 0 radical (unpaired) electrons. The zero-order chi connectivity index (χ0) is 14.8. The van der Waals surface area contributed by atoms with E-state index in [0.717, 1.165) is 22.1 Å². The van der Waals surface area contributed by atoms with Crippen molar-refractivity contribution < 1.29 is 14.7 Å². The van der Waals surface area contributed by atoms with Crippen LogP contribution in [0.3, 0.4) is 0 Å². The highest BCUT2D eigenvalue weighted by Crippen LogP contribution is 2.24. The van der Waals surface area contributed by atoms with E-state index in [1.807, 2.05) is 36.4 Å². The van der Waals surface area contributed by atoms with Crippen molar-refractivity contribution in [3.8, 4) is 0 Å². The van der Waals surface area contributed by atoms with Gasteiger partial charge >= 0.3 is 5.97 Å². The quantitative estimate of drug-likeness (QED) is 0.771. The summed E-state index contributed by atoms with van der Waals surface area (Å²) in [7, 11) is 0. The maximum Gasteiger partial charge on any atom is 0.345 e. The van der Waals surface area contributed by atoms with Gasteiger partial charge in [-0.3, -0.25) is 4.79 Å². The molecule has 0 fully saturated rings. The Bertz CT molecular complexity index is 833. The number of thiophene rings is 1. The summed E-state index contributed by atoms with van der Waals surface area (Å²) in [6.45, 7) is 0. The largest absolute Gasteiger partial charge is 0.477 e. The number of nitrogens with one attached hydrogen (secondary N) is 1. The third-order valence-corrected chi connectivity index (χ3v) is 4.08. The number of carbonyl (C=O) groups excluding carboxylic acids is 1. The fraction of sp³-hybridized carbons (Fsp3) is 0. The lowest BCUT2D eigenvalue weighted by Gasteiger charge is -2.06. The Hall–Kier alpha value is -2.66. The van der Waals surface area contributed by atoms with Crippen LogP contribution in [0.1, 0.15) is 20.0 Å². The molecule has 1 aromatic heterocycles. The van der Waals surface area contributed by atoms with Gasteiger partial charge in [0.1, 0.15) is 4.88 Å². The predicted octanol–water partition coefficient (Wildman–Crippen LogP) is 3.85. The first kappa shape index (κ1) is 13.3. The van der Waals surface area contributed by atoms with Gasteiger partial charge in [-0.05, 0) is 29.0 Å². The second-order valence-electron chi connectivity index (χ2n) is 4.45. The van der Waals surface area contributed by atoms with Gasteiger partial charge in [0.15, 0.2) is 0 Å². The van der Waals surface area contributed by atoms with Gasteiger partial charge in [0.2, 0.25) is 0 Å². The smallest absolute Gasteiger partial charge is 0.345 e. The fourth-order valence-corrected chi connectivity index (χ4v) is 2.86. The molecule has 104 valence electrons. The van der Waals surface area contributed by atoms with Gasteiger partial charge in [0.05, 0.1) is 5.00 Å². The van der Waals surface area contributed by atoms with E-state index in [2.05, 4.69) is 5.32 Å². The van der Waals surface area contributed by atoms with E-state index in [1.54, 1.807) is 12.1 Å². The molecule has 5 heteroatoms. The van der Waals surface area contributed by atoms with E-state index in [1.165, 1.54) is 6.07 Å². The van der Waals surface area contributed by atoms with E-state index < -0.39 is 5.97 Å². The van der Waals surface area contributed by atoms with Crippen LogP contribution in [0.15, 0.2) is 54.6 Å². The van der Waals surface area contributed by atoms with Gasteiger partial charge in [-0.2, -0.15) is 0 Å². The molecule has 1 heterocycles. The Labute approximate surface area is 124 Å². The number of carboxylic acids is 1. The standard InChI is InChI=1S/C16H11NO3S/c18-15(17-14-9-8-13(21-14)16(19)20)12-7-3-5-10-4-1-2-6-11(10)12/h1-9H,(H,17,18)(H,19,20). The van der Waals surface area contributed by atoms with Crippen molar-refractivity contribution in [1.29, 1.82) is 0 Å². The molecule has 1 amide bonds. The molecule has 0 bridgehead atoms. The summed E-state index contributed by atoms with van der Waals surface area (Å²) in [6.07, 6.45) is 0. The summed E-state index contributed by atoms with van der Waals surface area (Å²) in [5.41, 5.74) is 0.568. The zero-order valence-corrected chi connectivity index (χ0v) is 11.7. The van der Waals surface area contributed by atoms with Crippen molar-refractivity contribution >= 4 is 39.0 Å². The number of hydrogen-bond acceptors (Lipinski definition) is 3. The average molecular weight is 297 g/mol. The van der Waals surface area contributed by atoms with Crippen molar-refractivity contribution in [2.24, 2.45) is 0 Å². The molecule has 0 spiro atoms. The molecule has 2 aromatic carbocycles. The number of rotatable bonds is 3. The average Bonchev–Trinajstić information content (AvgIpc) is 2.95. The van der Waals surface area contributed by atoms with Crippen LogP contribution in [0.5, 0.6) is 0 Å². The molecule has 0 aliphatic carbocycles. The van der Waals surface area contributed by atoms with Crippen LogP contribution in [0.25, 0.3) is 10.8 Å². The minimum absolute atomic E-state index is 0.197. The molecule has 2 N–H and O–H groups in total. The molecule has 0 unspecified atom stereocenters. The van der Waals surface area contributed by atoms with Gasteiger partial charge in [0, 0.05) is 5.56 Å². The van der Waals surface area contributed by atoms with E-state index >= 15 is 0 Å². The third kappa shape index (κ3) is 2.64. The third-order valence-electron chi connectivity index (χ3n) is 3.09. The first-order chi connectivity index (χ1) is 10.1. The Kier molecular flexibility index (Phi) is 3.41. The summed E-state index contributed by atoms with van der Waals surface area (Å²) < 4.78 is 0. The highest BCUT2D eigenvalue weighted by Gasteiger charge is 2.12. The van der Waals surface area contributed by atoms with Crippen LogP contribution in [0.4, 0.5) is 5.00 Å². The molecule has 0 saturated carbocycles. The monoisotopic (exact) mass is 297 g/mol. The molecular formula is C16H11NO3S. The van der Waals surface area contributed by atoms with Gasteiger partial charge < -0.3 is 10.4 Å². The Morgan fingerprint density at radius 2 is 1.71 bits per heavy atom. The number of anilines is 1. The van der Waals surface area contributed by atoms with Gasteiger partial charge in [-0.25, -0.2) is 4.79 Å². The normalized spacial score (nSPS) is 10.5. The molecule has 3 rings (SSSR count). The van der Waals surface area contributed by atoms with Gasteiger partial charge in [-0.15, -0.1) is 11.3 Å². The van der Waals surface area contributed by atoms with Gasteiger partial charge in [0.25, 0.3) is 5.91 Å². The van der Waals surface area contributed by atoms with Crippen LogP contribution < -0.4 is 5.32 Å². The lowest BCUT2D eigenvalue weighted by Crippen LogP contribution is -2.11. The summed E-state index contributed by atoms with van der Waals surface area (Å²) in [5, 5.41) is 14.0. The van der Waals surface area contributed by atoms with Crippen molar-refractivity contribution in [2.45, 2.75) is 0 Å². The van der Waals surface area contributed by atoms with Crippen LogP contribution in [-0.2, 0) is 0 Å². The van der Waals surface area contributed by atoms with E-state index in [9.17, 15) is 9.59 Å². The number of carbonyl (C=O) groups is 2. The van der Waals surface area contributed by atoms with Gasteiger partial charge in [-0.1, -0.05) is 36.4 Å². The predicted molar refractivity (Wildman–Crippen MR) is 83.2 cm³/mol. The minimum Gasteiger partial charge on any atom is -0.477 e. The minimum atomic E-state index is -0.995. The number of amides is 1. The second-order valence-corrected chi connectivity index (χ2v) is 5.53. The van der Waals surface area contributed by atoms with Crippen LogP contribution in [-0.4, -0.2) is 17.0 Å². The summed E-state index contributed by atoms with van der Waals surface area (Å²) in [6, 6.07) is 16.2. The van der Waals surface area contributed by atoms with E-state index in [0.29, 0.717) is 10.6 Å². The number of fused-ring (bicyclic) bond motifs is 1. The summed E-state index contributed by atoms with van der Waals surface area (Å²) >= 11 is 1.04. The zero-order valence-electron chi connectivity index (χ0n) is 10.9. The Balaban J connectivity index is 1.91. The van der Waals surface area contributed by atoms with Crippen LogP contribution >= 0.6 is 11.3 Å². The highest BCUT2D eigenvalue weighted by molar-refractivity contribution is 7.18. The Morgan fingerprint density at radius 3 is 2.48 bits per heavy atom. The molecular weight excluding hydrogens is 286 g/mol. The summed E-state index contributed by atoms with van der Waals surface area (Å²) in [5.74, 6) is -1.24. The molecule has 3 aromatic rings. The number of hydrogen-bond donors (Lipinski definition) is 2. The maximum absolute atomic E-state index is 12.4. The molecule has 0 atom stereocenters. The maximum atomic E-state index is 12.4.